The first kappa shape index (κ1) is 17.0. The number of piperidine rings is 1. The second-order valence-electron chi connectivity index (χ2n) is 6.74. The molecule has 3 aliphatic heterocycles. The fourth-order valence-corrected chi connectivity index (χ4v) is 3.70. The summed E-state index contributed by atoms with van der Waals surface area (Å²) in [6.07, 6.45) is 2.16. The maximum absolute atomic E-state index is 12.9. The van der Waals surface area contributed by atoms with Gasteiger partial charge in [0.15, 0.2) is 0 Å². The van der Waals surface area contributed by atoms with Crippen LogP contribution in [0.15, 0.2) is 4.52 Å². The van der Waals surface area contributed by atoms with E-state index >= 15 is 0 Å². The van der Waals surface area contributed by atoms with Crippen LogP contribution in [0, 0.1) is 19.8 Å². The van der Waals surface area contributed by atoms with Gasteiger partial charge in [0.05, 0.1) is 31.2 Å². The molecule has 2 bridgehead atoms. The molecule has 0 aromatic carbocycles. The van der Waals surface area contributed by atoms with E-state index in [1.807, 2.05) is 23.6 Å². The van der Waals surface area contributed by atoms with Crippen molar-refractivity contribution in [1.29, 1.82) is 0 Å². The Morgan fingerprint density at radius 1 is 1.33 bits per heavy atom. The molecule has 3 aliphatic rings. The predicted octanol–water partition coefficient (Wildman–Crippen LogP) is 1.28. The van der Waals surface area contributed by atoms with Gasteiger partial charge in [-0.15, -0.1) is 0 Å². The maximum atomic E-state index is 12.9. The van der Waals surface area contributed by atoms with Crippen molar-refractivity contribution in [2.45, 2.75) is 45.7 Å². The van der Waals surface area contributed by atoms with Crippen molar-refractivity contribution in [2.24, 2.45) is 5.92 Å². The van der Waals surface area contributed by atoms with Crippen LogP contribution >= 0.6 is 0 Å². The summed E-state index contributed by atoms with van der Waals surface area (Å²) in [5, 5.41) is 3.98. The third-order valence-corrected chi connectivity index (χ3v) is 5.18. The van der Waals surface area contributed by atoms with Crippen LogP contribution < -0.4 is 0 Å². The molecule has 24 heavy (non-hydrogen) atoms. The first-order chi connectivity index (χ1) is 11.5. The van der Waals surface area contributed by atoms with Crippen molar-refractivity contribution in [3.05, 3.63) is 17.0 Å². The van der Waals surface area contributed by atoms with E-state index in [-0.39, 0.29) is 23.8 Å². The topological polar surface area (TPSA) is 75.9 Å². The molecule has 4 heterocycles. The Balaban J connectivity index is 1.76. The summed E-state index contributed by atoms with van der Waals surface area (Å²) in [5.41, 5.74) is 1.81. The molecule has 0 aliphatic carbocycles. The number of nitrogens with zero attached hydrogens (tertiary/aromatic N) is 3. The molecule has 0 unspecified atom stereocenters. The number of fused-ring (bicyclic) bond motifs is 4. The number of amides is 2. The lowest BCUT2D eigenvalue weighted by atomic mass is 9.93. The van der Waals surface area contributed by atoms with Gasteiger partial charge in [0.1, 0.15) is 5.76 Å². The zero-order valence-electron chi connectivity index (χ0n) is 14.6. The summed E-state index contributed by atoms with van der Waals surface area (Å²) >= 11 is 0. The van der Waals surface area contributed by atoms with E-state index in [9.17, 15) is 9.59 Å². The molecule has 2 atom stereocenters. The molecule has 7 heteroatoms. The fraction of sp³-hybridized carbons (Fsp3) is 0.706. The fourth-order valence-electron chi connectivity index (χ4n) is 3.70. The minimum absolute atomic E-state index is 0.0662. The third-order valence-electron chi connectivity index (χ3n) is 5.18. The molecule has 132 valence electrons. The van der Waals surface area contributed by atoms with Gasteiger partial charge >= 0.3 is 0 Å². The smallest absolute Gasteiger partial charge is 0.228 e. The number of aromatic nitrogens is 1. The highest BCUT2D eigenvalue weighted by molar-refractivity contribution is 5.83. The van der Waals surface area contributed by atoms with E-state index in [1.165, 1.54) is 0 Å². The molecule has 4 rings (SSSR count). The first-order valence-corrected chi connectivity index (χ1v) is 8.50. The van der Waals surface area contributed by atoms with Gasteiger partial charge in [-0.05, 0) is 26.7 Å². The number of hydrogen-bond acceptors (Lipinski definition) is 5. The summed E-state index contributed by atoms with van der Waals surface area (Å²) < 4.78 is 10.2. The summed E-state index contributed by atoms with van der Waals surface area (Å²) in [6.45, 7) is 5.83. The van der Waals surface area contributed by atoms with Crippen molar-refractivity contribution in [3.63, 3.8) is 0 Å². The Kier molecular flexibility index (Phi) is 4.89. The summed E-state index contributed by atoms with van der Waals surface area (Å²) in [6, 6.07) is 0.0662. The molecule has 2 amide bonds. The van der Waals surface area contributed by atoms with E-state index in [2.05, 4.69) is 5.16 Å². The molecule has 0 N–H and O–H groups in total. The number of methoxy groups -OCH3 is 1. The highest BCUT2D eigenvalue weighted by Crippen LogP contribution is 2.31. The van der Waals surface area contributed by atoms with Gasteiger partial charge in [-0.25, -0.2) is 0 Å². The SMILES string of the molecule is COCCC(=O)N1C[C@H]2CC[C@@H](C1)N(Cc1c(C)noc1C)C2=O. The van der Waals surface area contributed by atoms with Gasteiger partial charge in [0.25, 0.3) is 0 Å². The van der Waals surface area contributed by atoms with Gasteiger partial charge in [0, 0.05) is 31.8 Å². The molecule has 1 aromatic heterocycles. The molecular weight excluding hydrogens is 310 g/mol. The van der Waals surface area contributed by atoms with Crippen molar-refractivity contribution < 1.29 is 18.8 Å². The molecule has 7 nitrogen and oxygen atoms in total. The van der Waals surface area contributed by atoms with Gasteiger partial charge in [-0.2, -0.15) is 0 Å². The van der Waals surface area contributed by atoms with Crippen molar-refractivity contribution in [2.75, 3.05) is 26.8 Å². The second kappa shape index (κ2) is 6.93. The van der Waals surface area contributed by atoms with Crippen LogP contribution in [0.4, 0.5) is 0 Å². The van der Waals surface area contributed by atoms with E-state index in [4.69, 9.17) is 9.26 Å². The van der Waals surface area contributed by atoms with Gasteiger partial charge in [-0.1, -0.05) is 5.16 Å². The van der Waals surface area contributed by atoms with Crippen LogP contribution in [0.1, 0.15) is 36.3 Å². The Labute approximate surface area is 141 Å². The molecule has 1 aromatic rings. The van der Waals surface area contributed by atoms with Crippen molar-refractivity contribution in [1.82, 2.24) is 15.0 Å². The molecular formula is C17H25N3O4. The number of ether oxygens (including phenoxy) is 1. The summed E-state index contributed by atoms with van der Waals surface area (Å²) in [5.74, 6) is 0.873. The standard InChI is InChI=1S/C17H25N3O4/c1-11-15(12(2)24-18-11)10-20-14-5-4-13(17(20)22)8-19(9-14)16(21)6-7-23-3/h13-14H,4-10H2,1-3H3/t13-,14+/m1/s1. The molecule has 3 saturated heterocycles. The van der Waals surface area contributed by atoms with Crippen molar-refractivity contribution >= 4 is 11.8 Å². The molecule has 0 saturated carbocycles. The second-order valence-corrected chi connectivity index (χ2v) is 6.74. The quantitative estimate of drug-likeness (QED) is 0.810. The van der Waals surface area contributed by atoms with Crippen LogP contribution in [0.5, 0.6) is 0 Å². The van der Waals surface area contributed by atoms with E-state index in [0.717, 1.165) is 29.9 Å². The van der Waals surface area contributed by atoms with Crippen LogP contribution in [-0.2, 0) is 20.9 Å². The summed E-state index contributed by atoms with van der Waals surface area (Å²) in [4.78, 5) is 29.0. The Bertz CT molecular complexity index is 608. The highest BCUT2D eigenvalue weighted by atomic mass is 16.5. The maximum Gasteiger partial charge on any atom is 0.228 e. The highest BCUT2D eigenvalue weighted by Gasteiger charge is 2.42. The number of carbonyl (C=O) groups excluding carboxylic acids is 2. The summed E-state index contributed by atoms with van der Waals surface area (Å²) in [7, 11) is 1.59. The van der Waals surface area contributed by atoms with Gasteiger partial charge in [0.2, 0.25) is 11.8 Å². The number of hydrogen-bond donors (Lipinski definition) is 0. The lowest BCUT2D eigenvalue weighted by Gasteiger charge is -2.35. The van der Waals surface area contributed by atoms with Gasteiger partial charge < -0.3 is 19.1 Å². The lowest BCUT2D eigenvalue weighted by molar-refractivity contribution is -0.140. The minimum atomic E-state index is -0.101. The number of carbonyl (C=O) groups is 2. The predicted molar refractivity (Wildman–Crippen MR) is 86.1 cm³/mol. The molecule has 0 spiro atoms. The average Bonchev–Trinajstić information content (AvgIpc) is 2.75. The Morgan fingerprint density at radius 2 is 2.12 bits per heavy atom. The van der Waals surface area contributed by atoms with Crippen LogP contribution in [0.25, 0.3) is 0 Å². The van der Waals surface area contributed by atoms with Crippen LogP contribution in [-0.4, -0.2) is 59.6 Å². The normalized spacial score (nSPS) is 23.7. The Hall–Kier alpha value is -1.89. The Morgan fingerprint density at radius 3 is 2.79 bits per heavy atom. The number of rotatable bonds is 5. The van der Waals surface area contributed by atoms with E-state index in [0.29, 0.717) is 32.7 Å². The zero-order valence-corrected chi connectivity index (χ0v) is 14.6. The number of aryl methyl sites for hydroxylation is 2. The van der Waals surface area contributed by atoms with E-state index in [1.54, 1.807) is 7.11 Å². The minimum Gasteiger partial charge on any atom is -0.384 e. The van der Waals surface area contributed by atoms with Gasteiger partial charge in [-0.3, -0.25) is 9.59 Å². The van der Waals surface area contributed by atoms with E-state index < -0.39 is 0 Å². The first-order valence-electron chi connectivity index (χ1n) is 8.50. The lowest BCUT2D eigenvalue weighted by Crippen LogP contribution is -2.47. The largest absolute Gasteiger partial charge is 0.384 e. The monoisotopic (exact) mass is 335 g/mol. The van der Waals surface area contributed by atoms with Crippen molar-refractivity contribution in [3.8, 4) is 0 Å². The third kappa shape index (κ3) is 3.17. The van der Waals surface area contributed by atoms with Crippen LogP contribution in [0.2, 0.25) is 0 Å². The average molecular weight is 335 g/mol. The molecule has 0 radical (unpaired) electrons. The molecule has 3 fully saturated rings. The zero-order chi connectivity index (χ0) is 17.3. The van der Waals surface area contributed by atoms with Crippen LogP contribution in [0.3, 0.4) is 0 Å².